The average molecular weight is 285 g/mol. The fourth-order valence-corrected chi connectivity index (χ4v) is 1.15. The standard InChI is InChI=1S/C8H8ClF3N4O2/c9-4-3-5(14-1-2-18-7(13)17)16-6(15-4)8(10,11)12/h3H,1-2H2,(H2,13,17)(H,14,15,16). The van der Waals surface area contributed by atoms with Gasteiger partial charge in [0, 0.05) is 6.07 Å². The highest BCUT2D eigenvalue weighted by Gasteiger charge is 2.35. The van der Waals surface area contributed by atoms with Gasteiger partial charge in [0.15, 0.2) is 0 Å². The van der Waals surface area contributed by atoms with Gasteiger partial charge in [-0.1, -0.05) is 11.6 Å². The van der Waals surface area contributed by atoms with Gasteiger partial charge in [0.25, 0.3) is 0 Å². The van der Waals surface area contributed by atoms with Gasteiger partial charge in [0.05, 0.1) is 6.54 Å². The van der Waals surface area contributed by atoms with Crippen LogP contribution in [0.2, 0.25) is 5.15 Å². The van der Waals surface area contributed by atoms with E-state index in [2.05, 4.69) is 20.0 Å². The minimum absolute atomic E-state index is 0.0353. The number of hydrogen-bond donors (Lipinski definition) is 2. The summed E-state index contributed by atoms with van der Waals surface area (Å²) < 4.78 is 41.4. The second-order valence-electron chi connectivity index (χ2n) is 2.99. The molecule has 10 heteroatoms. The Morgan fingerprint density at radius 1 is 1.50 bits per heavy atom. The maximum absolute atomic E-state index is 12.3. The highest BCUT2D eigenvalue weighted by molar-refractivity contribution is 6.29. The number of aromatic nitrogens is 2. The number of amides is 1. The number of alkyl halides is 3. The van der Waals surface area contributed by atoms with Gasteiger partial charge in [-0.05, 0) is 0 Å². The maximum Gasteiger partial charge on any atom is 0.451 e. The van der Waals surface area contributed by atoms with Crippen LogP contribution in [0.5, 0.6) is 0 Å². The van der Waals surface area contributed by atoms with Crippen LogP contribution < -0.4 is 11.1 Å². The normalized spacial score (nSPS) is 11.1. The van der Waals surface area contributed by atoms with Crippen LogP contribution >= 0.6 is 11.6 Å². The molecular formula is C8H8ClF3N4O2. The lowest BCUT2D eigenvalue weighted by Crippen LogP contribution is -2.19. The average Bonchev–Trinajstić information content (AvgIpc) is 2.22. The molecule has 0 saturated carbocycles. The summed E-state index contributed by atoms with van der Waals surface area (Å²) in [5, 5.41) is 2.13. The summed E-state index contributed by atoms with van der Waals surface area (Å²) in [6.45, 7) is -0.0775. The summed E-state index contributed by atoms with van der Waals surface area (Å²) in [4.78, 5) is 16.5. The van der Waals surface area contributed by atoms with Gasteiger partial charge in [0.1, 0.15) is 17.6 Å². The number of carbonyl (C=O) groups excluding carboxylic acids is 1. The third-order valence-corrected chi connectivity index (χ3v) is 1.79. The highest BCUT2D eigenvalue weighted by Crippen LogP contribution is 2.28. The van der Waals surface area contributed by atoms with Crippen molar-refractivity contribution >= 4 is 23.5 Å². The zero-order valence-electron chi connectivity index (χ0n) is 8.79. The van der Waals surface area contributed by atoms with E-state index in [9.17, 15) is 18.0 Å². The summed E-state index contributed by atoms with van der Waals surface area (Å²) in [5.41, 5.74) is 4.69. The number of halogens is 4. The molecule has 0 saturated heterocycles. The van der Waals surface area contributed by atoms with Crippen molar-refractivity contribution in [1.82, 2.24) is 9.97 Å². The predicted molar refractivity (Wildman–Crippen MR) is 56.1 cm³/mol. The van der Waals surface area contributed by atoms with Gasteiger partial charge >= 0.3 is 12.3 Å². The first-order valence-electron chi connectivity index (χ1n) is 4.57. The Kier molecular flexibility index (Phi) is 4.54. The Hall–Kier alpha value is -1.77. The fourth-order valence-electron chi connectivity index (χ4n) is 0.966. The first kappa shape index (κ1) is 14.3. The number of hydrogen-bond acceptors (Lipinski definition) is 5. The molecular weight excluding hydrogens is 277 g/mol. The first-order valence-corrected chi connectivity index (χ1v) is 4.94. The second kappa shape index (κ2) is 5.71. The molecule has 1 rings (SSSR count). The monoisotopic (exact) mass is 284 g/mol. The van der Waals surface area contributed by atoms with E-state index >= 15 is 0 Å². The second-order valence-corrected chi connectivity index (χ2v) is 3.38. The Morgan fingerprint density at radius 3 is 2.72 bits per heavy atom. The number of nitrogens with one attached hydrogen (secondary N) is 1. The zero-order valence-corrected chi connectivity index (χ0v) is 9.55. The Bertz CT molecular complexity index is 441. The molecule has 6 nitrogen and oxygen atoms in total. The summed E-state index contributed by atoms with van der Waals surface area (Å²) >= 11 is 5.42. The zero-order chi connectivity index (χ0) is 13.8. The molecule has 0 aliphatic rings. The summed E-state index contributed by atoms with van der Waals surface area (Å²) in [7, 11) is 0. The van der Waals surface area contributed by atoms with Crippen molar-refractivity contribution in [2.45, 2.75) is 6.18 Å². The first-order chi connectivity index (χ1) is 8.29. The van der Waals surface area contributed by atoms with Crippen LogP contribution in [-0.2, 0) is 10.9 Å². The SMILES string of the molecule is NC(=O)OCCNc1cc(Cl)nc(C(F)(F)F)n1. The molecule has 18 heavy (non-hydrogen) atoms. The molecule has 1 aromatic rings. The minimum Gasteiger partial charge on any atom is -0.448 e. The minimum atomic E-state index is -4.69. The molecule has 0 radical (unpaired) electrons. The number of nitrogens with zero attached hydrogens (tertiary/aromatic N) is 2. The van der Waals surface area contributed by atoms with E-state index in [1.54, 1.807) is 0 Å². The van der Waals surface area contributed by atoms with E-state index in [1.807, 2.05) is 0 Å². The molecule has 0 spiro atoms. The van der Waals surface area contributed by atoms with Crippen molar-refractivity contribution in [2.24, 2.45) is 5.73 Å². The molecule has 0 fully saturated rings. The van der Waals surface area contributed by atoms with Crippen molar-refractivity contribution < 1.29 is 22.7 Å². The van der Waals surface area contributed by atoms with Crippen LogP contribution in [-0.4, -0.2) is 29.2 Å². The lowest BCUT2D eigenvalue weighted by atomic mass is 10.5. The van der Waals surface area contributed by atoms with E-state index in [4.69, 9.17) is 17.3 Å². The third-order valence-electron chi connectivity index (χ3n) is 1.60. The predicted octanol–water partition coefficient (Wildman–Crippen LogP) is 1.66. The largest absolute Gasteiger partial charge is 0.451 e. The number of anilines is 1. The van der Waals surface area contributed by atoms with Crippen LogP contribution in [0.15, 0.2) is 6.07 Å². The van der Waals surface area contributed by atoms with Gasteiger partial charge in [-0.15, -0.1) is 0 Å². The van der Waals surface area contributed by atoms with E-state index in [0.29, 0.717) is 0 Å². The van der Waals surface area contributed by atoms with Crippen LogP contribution in [0.1, 0.15) is 5.82 Å². The smallest absolute Gasteiger partial charge is 0.448 e. The number of ether oxygens (including phenoxy) is 1. The molecule has 0 bridgehead atoms. The molecule has 0 unspecified atom stereocenters. The van der Waals surface area contributed by atoms with Crippen molar-refractivity contribution in [3.8, 4) is 0 Å². The molecule has 100 valence electrons. The van der Waals surface area contributed by atoms with Crippen molar-refractivity contribution in [3.63, 3.8) is 0 Å². The van der Waals surface area contributed by atoms with E-state index < -0.39 is 18.1 Å². The van der Waals surface area contributed by atoms with Gasteiger partial charge < -0.3 is 15.8 Å². The lowest BCUT2D eigenvalue weighted by molar-refractivity contribution is -0.144. The Morgan fingerprint density at radius 2 is 2.17 bits per heavy atom. The van der Waals surface area contributed by atoms with Crippen LogP contribution in [0.3, 0.4) is 0 Å². The van der Waals surface area contributed by atoms with Crippen LogP contribution in [0.4, 0.5) is 23.8 Å². The third kappa shape index (κ3) is 4.62. The Labute approximate surface area is 104 Å². The van der Waals surface area contributed by atoms with Crippen molar-refractivity contribution in [2.75, 3.05) is 18.5 Å². The molecule has 0 atom stereocenters. The topological polar surface area (TPSA) is 90.1 Å². The molecule has 1 aromatic heterocycles. The van der Waals surface area contributed by atoms with Gasteiger partial charge in [-0.2, -0.15) is 13.2 Å². The van der Waals surface area contributed by atoms with Crippen LogP contribution in [0.25, 0.3) is 0 Å². The fraction of sp³-hybridized carbons (Fsp3) is 0.375. The molecule has 0 aliphatic carbocycles. The molecule has 1 amide bonds. The quantitative estimate of drug-likeness (QED) is 0.648. The van der Waals surface area contributed by atoms with Gasteiger partial charge in [-0.3, -0.25) is 0 Å². The maximum atomic E-state index is 12.3. The van der Waals surface area contributed by atoms with Gasteiger partial charge in [-0.25, -0.2) is 14.8 Å². The van der Waals surface area contributed by atoms with Crippen LogP contribution in [0, 0.1) is 0 Å². The summed E-state index contributed by atoms with van der Waals surface area (Å²) in [6.07, 6.45) is -5.67. The van der Waals surface area contributed by atoms with E-state index in [-0.39, 0.29) is 24.1 Å². The highest BCUT2D eigenvalue weighted by atomic mass is 35.5. The van der Waals surface area contributed by atoms with Crippen molar-refractivity contribution in [3.05, 3.63) is 17.0 Å². The lowest BCUT2D eigenvalue weighted by Gasteiger charge is -2.09. The van der Waals surface area contributed by atoms with E-state index in [0.717, 1.165) is 6.07 Å². The summed E-state index contributed by atoms with van der Waals surface area (Å²) in [6, 6.07) is 1.11. The Balaban J connectivity index is 2.66. The molecule has 0 aliphatic heterocycles. The summed E-state index contributed by atoms with van der Waals surface area (Å²) in [5.74, 6) is -1.48. The van der Waals surface area contributed by atoms with Gasteiger partial charge in [0.2, 0.25) is 5.82 Å². The number of rotatable bonds is 4. The van der Waals surface area contributed by atoms with Crippen molar-refractivity contribution in [1.29, 1.82) is 0 Å². The number of carbonyl (C=O) groups is 1. The number of primary amides is 1. The van der Waals surface area contributed by atoms with E-state index in [1.165, 1.54) is 0 Å². The molecule has 1 heterocycles. The molecule has 3 N–H and O–H groups in total. The molecule has 0 aromatic carbocycles. The number of nitrogens with two attached hydrogens (primary N) is 1.